The molecule has 50 heavy (non-hydrogen) atoms. The molecule has 1 aliphatic heterocycles. The van der Waals surface area contributed by atoms with Crippen LogP contribution in [-0.2, 0) is 0 Å². The van der Waals surface area contributed by atoms with Crippen molar-refractivity contribution in [2.24, 2.45) is 0 Å². The van der Waals surface area contributed by atoms with E-state index in [9.17, 15) is 0 Å². The summed E-state index contributed by atoms with van der Waals surface area (Å²) in [7, 11) is 0. The number of fused-ring (bicyclic) bond motifs is 5. The third kappa shape index (κ3) is 4.95. The maximum atomic E-state index is 4.91. The van der Waals surface area contributed by atoms with Crippen LogP contribution in [0.2, 0.25) is 0 Å². The number of nitrogens with zero attached hydrogens (tertiary/aromatic N) is 4. The lowest BCUT2D eigenvalue weighted by molar-refractivity contribution is 0.745. The van der Waals surface area contributed by atoms with E-state index in [1.165, 1.54) is 26.3 Å². The van der Waals surface area contributed by atoms with Crippen LogP contribution in [0.5, 0.6) is 0 Å². The molecule has 0 spiro atoms. The maximum Gasteiger partial charge on any atom is 0.124 e. The Bertz CT molecular complexity index is 2380. The van der Waals surface area contributed by atoms with E-state index in [4.69, 9.17) is 9.97 Å². The number of allylic oxidation sites excluding steroid dienone is 2. The van der Waals surface area contributed by atoms with Crippen LogP contribution in [0.4, 0.5) is 28.4 Å². The molecule has 2 atom stereocenters. The fraction of sp³-hybridized carbons (Fsp3) is 0.0455. The smallest absolute Gasteiger partial charge is 0.124 e. The van der Waals surface area contributed by atoms with Crippen LogP contribution in [0.25, 0.3) is 41.6 Å². The Morgan fingerprint density at radius 2 is 1.00 bits per heavy atom. The van der Waals surface area contributed by atoms with Crippen LogP contribution < -0.4 is 9.80 Å². The Morgan fingerprint density at radius 3 is 1.58 bits per heavy atom. The van der Waals surface area contributed by atoms with Crippen molar-refractivity contribution in [2.75, 3.05) is 9.80 Å². The van der Waals surface area contributed by atoms with Gasteiger partial charge in [0.15, 0.2) is 0 Å². The molecule has 0 N–H and O–H groups in total. The largest absolute Gasteiger partial charge is 0.333 e. The third-order valence-electron chi connectivity index (χ3n) is 9.68. The molecule has 6 heteroatoms. The number of thiazole rings is 2. The molecule has 0 amide bonds. The molecule has 1 aliphatic carbocycles. The van der Waals surface area contributed by atoms with Crippen LogP contribution in [-0.4, -0.2) is 16.0 Å². The van der Waals surface area contributed by atoms with Crippen molar-refractivity contribution in [3.05, 3.63) is 175 Å². The highest BCUT2D eigenvalue weighted by molar-refractivity contribution is 7.22. The van der Waals surface area contributed by atoms with Crippen molar-refractivity contribution in [3.63, 3.8) is 0 Å². The molecule has 0 bridgehead atoms. The second-order valence-corrected chi connectivity index (χ2v) is 14.7. The molecular formula is C44H30N4S2. The number of aromatic nitrogens is 2. The van der Waals surface area contributed by atoms with Gasteiger partial charge in [-0.15, -0.1) is 22.7 Å². The lowest BCUT2D eigenvalue weighted by atomic mass is 9.91. The first-order valence-electron chi connectivity index (χ1n) is 16.8. The monoisotopic (exact) mass is 678 g/mol. The quantitative estimate of drug-likeness (QED) is 0.175. The standard InChI is InChI=1S/C44H30N4S2/c1-5-13-39-35(9-1)36-10-2-6-14-40(36)48(39)34-27-25-33(26-28-34)47(31-21-17-29(18-22-31)43-45-37-11-3-7-15-41(37)49-43)32-23-19-30(20-24-32)44-46-38-12-4-8-16-42(38)50-44/h1-28,35,39H. The molecule has 0 radical (unpaired) electrons. The number of anilines is 5. The van der Waals surface area contributed by atoms with Gasteiger partial charge in [0.05, 0.1) is 26.5 Å². The summed E-state index contributed by atoms with van der Waals surface area (Å²) in [6, 6.07) is 52.3. The molecule has 2 aliphatic rings. The molecule has 2 unspecified atom stereocenters. The van der Waals surface area contributed by atoms with Gasteiger partial charge in [-0.05, 0) is 109 Å². The summed E-state index contributed by atoms with van der Waals surface area (Å²) in [4.78, 5) is 14.6. The number of benzene rings is 6. The predicted octanol–water partition coefficient (Wildman–Crippen LogP) is 12.4. The van der Waals surface area contributed by atoms with E-state index in [0.29, 0.717) is 5.92 Å². The maximum absolute atomic E-state index is 4.91. The van der Waals surface area contributed by atoms with Gasteiger partial charge in [0.1, 0.15) is 10.0 Å². The molecule has 2 aromatic heterocycles. The molecule has 8 aromatic rings. The van der Waals surface area contributed by atoms with E-state index in [1.807, 2.05) is 12.1 Å². The van der Waals surface area contributed by atoms with Gasteiger partial charge in [-0.3, -0.25) is 0 Å². The molecular weight excluding hydrogens is 649 g/mol. The zero-order chi connectivity index (χ0) is 33.0. The second-order valence-electron chi connectivity index (χ2n) is 12.6. The number of hydrogen-bond donors (Lipinski definition) is 0. The van der Waals surface area contributed by atoms with Crippen LogP contribution in [0.1, 0.15) is 11.5 Å². The normalized spacial score (nSPS) is 16.2. The minimum atomic E-state index is 0.268. The van der Waals surface area contributed by atoms with E-state index in [2.05, 4.69) is 168 Å². The summed E-state index contributed by atoms with van der Waals surface area (Å²) in [6.45, 7) is 0. The fourth-order valence-electron chi connectivity index (χ4n) is 7.30. The van der Waals surface area contributed by atoms with Gasteiger partial charge < -0.3 is 9.80 Å². The van der Waals surface area contributed by atoms with E-state index in [-0.39, 0.29) is 6.04 Å². The van der Waals surface area contributed by atoms with E-state index in [0.717, 1.165) is 49.2 Å². The Hall–Kier alpha value is -5.82. The van der Waals surface area contributed by atoms with Crippen LogP contribution in [0.3, 0.4) is 0 Å². The molecule has 6 aromatic carbocycles. The Balaban J connectivity index is 1.03. The van der Waals surface area contributed by atoms with Gasteiger partial charge in [0.2, 0.25) is 0 Å². The molecule has 0 fully saturated rings. The first kappa shape index (κ1) is 29.1. The summed E-state index contributed by atoms with van der Waals surface area (Å²) in [5.41, 5.74) is 11.4. The van der Waals surface area contributed by atoms with Crippen LogP contribution >= 0.6 is 22.7 Å². The average molecular weight is 679 g/mol. The topological polar surface area (TPSA) is 32.3 Å². The van der Waals surface area contributed by atoms with Crippen molar-refractivity contribution in [2.45, 2.75) is 12.0 Å². The van der Waals surface area contributed by atoms with Gasteiger partial charge in [-0.25, -0.2) is 9.97 Å². The Morgan fingerprint density at radius 1 is 0.500 bits per heavy atom. The summed E-state index contributed by atoms with van der Waals surface area (Å²) in [5.74, 6) is 0.357. The fourth-order valence-corrected chi connectivity index (χ4v) is 9.24. The number of para-hydroxylation sites is 3. The van der Waals surface area contributed by atoms with Gasteiger partial charge in [0, 0.05) is 45.5 Å². The summed E-state index contributed by atoms with van der Waals surface area (Å²) in [6.07, 6.45) is 9.00. The molecule has 0 saturated carbocycles. The molecule has 10 rings (SSSR count). The Kier molecular flexibility index (Phi) is 6.96. The first-order valence-corrected chi connectivity index (χ1v) is 18.5. The van der Waals surface area contributed by atoms with Gasteiger partial charge >= 0.3 is 0 Å². The summed E-state index contributed by atoms with van der Waals surface area (Å²) in [5, 5.41) is 2.06. The highest BCUT2D eigenvalue weighted by Gasteiger charge is 2.37. The second kappa shape index (κ2) is 11.9. The van der Waals surface area contributed by atoms with Gasteiger partial charge in [0.25, 0.3) is 0 Å². The lowest BCUT2D eigenvalue weighted by Crippen LogP contribution is -2.28. The third-order valence-corrected chi connectivity index (χ3v) is 11.8. The Labute approximate surface area is 298 Å². The van der Waals surface area contributed by atoms with Gasteiger partial charge in [-0.1, -0.05) is 66.8 Å². The predicted molar refractivity (Wildman–Crippen MR) is 212 cm³/mol. The minimum absolute atomic E-state index is 0.268. The van der Waals surface area contributed by atoms with E-state index < -0.39 is 0 Å². The van der Waals surface area contributed by atoms with Crippen molar-refractivity contribution in [3.8, 4) is 21.1 Å². The van der Waals surface area contributed by atoms with E-state index in [1.54, 1.807) is 22.7 Å². The van der Waals surface area contributed by atoms with Crippen molar-refractivity contribution in [1.82, 2.24) is 9.97 Å². The van der Waals surface area contributed by atoms with Gasteiger partial charge in [-0.2, -0.15) is 0 Å². The van der Waals surface area contributed by atoms with Crippen molar-refractivity contribution in [1.29, 1.82) is 0 Å². The average Bonchev–Trinajstić information content (AvgIpc) is 3.90. The zero-order valence-corrected chi connectivity index (χ0v) is 28.6. The van der Waals surface area contributed by atoms with Crippen LogP contribution in [0.15, 0.2) is 170 Å². The highest BCUT2D eigenvalue weighted by Crippen LogP contribution is 2.48. The lowest BCUT2D eigenvalue weighted by Gasteiger charge is -2.30. The van der Waals surface area contributed by atoms with Crippen molar-refractivity contribution >= 4 is 71.5 Å². The van der Waals surface area contributed by atoms with E-state index >= 15 is 0 Å². The SMILES string of the molecule is C1=CC2c3ccccc3N(c3ccc(N(c4ccc(-c5nc6ccccc6s5)cc4)c4ccc(-c5nc6ccccc6s5)cc4)cc3)C2C=C1. The molecule has 238 valence electrons. The molecule has 0 saturated heterocycles. The summed E-state index contributed by atoms with van der Waals surface area (Å²) < 4.78 is 2.40. The molecule has 3 heterocycles. The van der Waals surface area contributed by atoms with Crippen molar-refractivity contribution < 1.29 is 0 Å². The summed E-state index contributed by atoms with van der Waals surface area (Å²) >= 11 is 3.46. The number of rotatable bonds is 6. The minimum Gasteiger partial charge on any atom is -0.333 e. The number of hydrogen-bond acceptors (Lipinski definition) is 6. The van der Waals surface area contributed by atoms with Crippen LogP contribution in [0, 0.1) is 0 Å². The molecule has 4 nitrogen and oxygen atoms in total. The first-order chi connectivity index (χ1) is 24.8. The highest BCUT2D eigenvalue weighted by atomic mass is 32.1. The zero-order valence-electron chi connectivity index (χ0n) is 26.9.